The molecular weight excluding hydrogens is 222 g/mol. The molecule has 0 bridgehead atoms. The number of benzene rings is 1. The first kappa shape index (κ1) is 15.0. The van der Waals surface area contributed by atoms with Crippen LogP contribution in [0.4, 0.5) is 0 Å². The second kappa shape index (κ2) is 8.15. The van der Waals surface area contributed by atoms with E-state index in [-0.39, 0.29) is 0 Å². The van der Waals surface area contributed by atoms with Crippen molar-refractivity contribution < 1.29 is 5.11 Å². The minimum Gasteiger partial charge on any atom is -0.508 e. The molecule has 0 saturated heterocycles. The van der Waals surface area contributed by atoms with Gasteiger partial charge in [0.05, 0.1) is 0 Å². The molecule has 0 amide bonds. The van der Waals surface area contributed by atoms with Gasteiger partial charge in [-0.15, -0.1) is 0 Å². The van der Waals surface area contributed by atoms with E-state index < -0.39 is 0 Å². The van der Waals surface area contributed by atoms with Crippen LogP contribution >= 0.6 is 0 Å². The first-order valence-electron chi connectivity index (χ1n) is 7.22. The fourth-order valence-corrected chi connectivity index (χ4v) is 2.35. The van der Waals surface area contributed by atoms with Crippen LogP contribution in [0.2, 0.25) is 0 Å². The smallest absolute Gasteiger partial charge is 0.115 e. The van der Waals surface area contributed by atoms with Crippen molar-refractivity contribution in [3.8, 4) is 5.75 Å². The molecule has 2 unspecified atom stereocenters. The molecule has 0 aliphatic rings. The van der Waals surface area contributed by atoms with E-state index in [1.54, 1.807) is 6.07 Å². The molecular formula is C16H27NO. The first-order chi connectivity index (χ1) is 8.67. The fourth-order valence-electron chi connectivity index (χ4n) is 2.35. The molecule has 102 valence electrons. The van der Waals surface area contributed by atoms with Crippen LogP contribution in [0, 0.1) is 0 Å². The van der Waals surface area contributed by atoms with E-state index in [4.69, 9.17) is 0 Å². The second-order valence-electron chi connectivity index (χ2n) is 5.11. The van der Waals surface area contributed by atoms with Gasteiger partial charge in [-0.3, -0.25) is 0 Å². The van der Waals surface area contributed by atoms with Gasteiger partial charge < -0.3 is 10.4 Å². The molecule has 2 atom stereocenters. The predicted molar refractivity (Wildman–Crippen MR) is 77.9 cm³/mol. The Morgan fingerprint density at radius 2 is 1.94 bits per heavy atom. The first-order valence-corrected chi connectivity index (χ1v) is 7.22. The fraction of sp³-hybridized carbons (Fsp3) is 0.625. The third-order valence-electron chi connectivity index (χ3n) is 3.40. The second-order valence-corrected chi connectivity index (χ2v) is 5.11. The normalized spacial score (nSPS) is 14.4. The maximum atomic E-state index is 9.51. The van der Waals surface area contributed by atoms with E-state index in [1.165, 1.54) is 32.1 Å². The summed E-state index contributed by atoms with van der Waals surface area (Å²) in [5.41, 5.74) is 1.16. The van der Waals surface area contributed by atoms with Crippen LogP contribution in [0.25, 0.3) is 0 Å². The molecule has 2 N–H and O–H groups in total. The number of aromatic hydroxyl groups is 1. The third-order valence-corrected chi connectivity index (χ3v) is 3.40. The summed E-state index contributed by atoms with van der Waals surface area (Å²) >= 11 is 0. The number of phenolic OH excluding ortho intramolecular Hbond substituents is 1. The zero-order valence-corrected chi connectivity index (χ0v) is 11.9. The summed E-state index contributed by atoms with van der Waals surface area (Å²) in [6, 6.07) is 8.43. The Hall–Kier alpha value is -1.02. The molecule has 0 aromatic heterocycles. The Balaban J connectivity index is 2.56. The molecule has 2 nitrogen and oxygen atoms in total. The van der Waals surface area contributed by atoms with E-state index in [9.17, 15) is 5.11 Å². The van der Waals surface area contributed by atoms with Gasteiger partial charge in [0.1, 0.15) is 5.75 Å². The molecule has 1 rings (SSSR count). The van der Waals surface area contributed by atoms with Crippen LogP contribution in [0.1, 0.15) is 64.5 Å². The molecule has 0 radical (unpaired) electrons. The molecule has 0 heterocycles. The maximum Gasteiger partial charge on any atom is 0.115 e. The quantitative estimate of drug-likeness (QED) is 0.715. The van der Waals surface area contributed by atoms with E-state index in [1.807, 2.05) is 12.1 Å². The van der Waals surface area contributed by atoms with Gasteiger partial charge in [-0.1, -0.05) is 45.2 Å². The number of rotatable bonds is 8. The number of nitrogens with one attached hydrogen (secondary N) is 1. The van der Waals surface area contributed by atoms with Gasteiger partial charge >= 0.3 is 0 Å². The van der Waals surface area contributed by atoms with Gasteiger partial charge in [0, 0.05) is 12.1 Å². The van der Waals surface area contributed by atoms with Crippen LogP contribution in [-0.2, 0) is 0 Å². The zero-order chi connectivity index (χ0) is 13.4. The molecule has 1 aromatic carbocycles. The molecule has 18 heavy (non-hydrogen) atoms. The minimum absolute atomic E-state index is 0.297. The SMILES string of the molecule is CCCCC(CCC)NC(C)c1cccc(O)c1. The highest BCUT2D eigenvalue weighted by molar-refractivity contribution is 5.29. The van der Waals surface area contributed by atoms with Gasteiger partial charge in [-0.25, -0.2) is 0 Å². The van der Waals surface area contributed by atoms with Crippen LogP contribution in [-0.4, -0.2) is 11.1 Å². The van der Waals surface area contributed by atoms with Crippen molar-refractivity contribution in [1.29, 1.82) is 0 Å². The summed E-state index contributed by atoms with van der Waals surface area (Å²) in [6.07, 6.45) is 6.22. The third kappa shape index (κ3) is 5.09. The highest BCUT2D eigenvalue weighted by atomic mass is 16.3. The predicted octanol–water partition coefficient (Wildman–Crippen LogP) is 4.40. The molecule has 0 saturated carbocycles. The van der Waals surface area contributed by atoms with E-state index in [0.717, 1.165) is 5.56 Å². The summed E-state index contributed by atoms with van der Waals surface area (Å²) < 4.78 is 0. The minimum atomic E-state index is 0.297. The van der Waals surface area contributed by atoms with Gasteiger partial charge in [-0.05, 0) is 37.5 Å². The monoisotopic (exact) mass is 249 g/mol. The van der Waals surface area contributed by atoms with Crippen molar-refractivity contribution in [3.63, 3.8) is 0 Å². The summed E-state index contributed by atoms with van der Waals surface area (Å²) in [7, 11) is 0. The standard InChI is InChI=1S/C16H27NO/c1-4-6-10-15(8-5-2)17-13(3)14-9-7-11-16(18)12-14/h7,9,11-13,15,17-18H,4-6,8,10H2,1-3H3. The Morgan fingerprint density at radius 3 is 2.56 bits per heavy atom. The summed E-state index contributed by atoms with van der Waals surface area (Å²) in [5.74, 6) is 0.349. The van der Waals surface area contributed by atoms with Crippen molar-refractivity contribution in [3.05, 3.63) is 29.8 Å². The summed E-state index contributed by atoms with van der Waals surface area (Å²) in [6.45, 7) is 6.64. The maximum absolute atomic E-state index is 9.51. The van der Waals surface area contributed by atoms with Crippen molar-refractivity contribution in [2.24, 2.45) is 0 Å². The molecule has 0 aliphatic heterocycles. The topological polar surface area (TPSA) is 32.3 Å². The molecule has 1 aromatic rings. The highest BCUT2D eigenvalue weighted by Crippen LogP contribution is 2.20. The summed E-state index contributed by atoms with van der Waals surface area (Å²) in [4.78, 5) is 0. The lowest BCUT2D eigenvalue weighted by molar-refractivity contribution is 0.395. The Morgan fingerprint density at radius 1 is 1.17 bits per heavy atom. The molecule has 0 aliphatic carbocycles. The molecule has 0 fully saturated rings. The van der Waals surface area contributed by atoms with Crippen LogP contribution < -0.4 is 5.32 Å². The van der Waals surface area contributed by atoms with Crippen molar-refractivity contribution in [1.82, 2.24) is 5.32 Å². The molecule has 2 heteroatoms. The summed E-state index contributed by atoms with van der Waals surface area (Å²) in [5, 5.41) is 13.2. The Kier molecular flexibility index (Phi) is 6.81. The molecule has 0 spiro atoms. The van der Waals surface area contributed by atoms with Gasteiger partial charge in [0.15, 0.2) is 0 Å². The van der Waals surface area contributed by atoms with Gasteiger partial charge in [0.25, 0.3) is 0 Å². The lowest BCUT2D eigenvalue weighted by Crippen LogP contribution is -2.31. The number of hydrogen-bond donors (Lipinski definition) is 2. The number of unbranched alkanes of at least 4 members (excludes halogenated alkanes) is 1. The van der Waals surface area contributed by atoms with Crippen LogP contribution in [0.3, 0.4) is 0 Å². The van der Waals surface area contributed by atoms with Gasteiger partial charge in [0.2, 0.25) is 0 Å². The van der Waals surface area contributed by atoms with E-state index in [0.29, 0.717) is 17.8 Å². The van der Waals surface area contributed by atoms with Crippen molar-refractivity contribution >= 4 is 0 Å². The van der Waals surface area contributed by atoms with Gasteiger partial charge in [-0.2, -0.15) is 0 Å². The van der Waals surface area contributed by atoms with E-state index in [2.05, 4.69) is 32.2 Å². The average Bonchev–Trinajstić information content (AvgIpc) is 2.36. The average molecular weight is 249 g/mol. The lowest BCUT2D eigenvalue weighted by Gasteiger charge is -2.23. The number of hydrogen-bond acceptors (Lipinski definition) is 2. The number of phenols is 1. The largest absolute Gasteiger partial charge is 0.508 e. The zero-order valence-electron chi connectivity index (χ0n) is 11.9. The van der Waals surface area contributed by atoms with E-state index >= 15 is 0 Å². The lowest BCUT2D eigenvalue weighted by atomic mass is 10.0. The highest BCUT2D eigenvalue weighted by Gasteiger charge is 2.12. The van der Waals surface area contributed by atoms with Crippen LogP contribution in [0.5, 0.6) is 5.75 Å². The van der Waals surface area contributed by atoms with Crippen LogP contribution in [0.15, 0.2) is 24.3 Å². The Labute approximate surface area is 111 Å². The van der Waals surface area contributed by atoms with Crippen molar-refractivity contribution in [2.75, 3.05) is 0 Å². The van der Waals surface area contributed by atoms with Crippen molar-refractivity contribution in [2.45, 2.75) is 65.0 Å². The Bertz CT molecular complexity index is 338.